The zero-order valence-electron chi connectivity index (χ0n) is 22.6. The summed E-state index contributed by atoms with van der Waals surface area (Å²) >= 11 is 0. The van der Waals surface area contributed by atoms with Crippen molar-refractivity contribution < 1.29 is 18.0 Å². The molecule has 0 aliphatic rings. The maximum absolute atomic E-state index is 14.0. The molecule has 8 heteroatoms. The van der Waals surface area contributed by atoms with Crippen LogP contribution < -0.4 is 9.62 Å². The Hall–Kier alpha value is -3.65. The van der Waals surface area contributed by atoms with Gasteiger partial charge in [0, 0.05) is 19.5 Å². The highest BCUT2D eigenvalue weighted by Crippen LogP contribution is 2.22. The molecule has 38 heavy (non-hydrogen) atoms. The molecule has 0 aromatic heterocycles. The molecule has 3 aromatic rings. The van der Waals surface area contributed by atoms with Crippen LogP contribution in [-0.4, -0.2) is 50.5 Å². The Morgan fingerprint density at radius 3 is 2.08 bits per heavy atom. The molecular formula is C30H37N3O4S. The van der Waals surface area contributed by atoms with E-state index in [9.17, 15) is 18.0 Å². The maximum Gasteiger partial charge on any atom is 0.244 e. The number of benzene rings is 3. The Kier molecular flexibility index (Phi) is 10.1. The molecule has 0 bridgehead atoms. The second-order valence-corrected chi connectivity index (χ2v) is 11.2. The van der Waals surface area contributed by atoms with Crippen molar-refractivity contribution in [1.29, 1.82) is 0 Å². The SMILES string of the molecule is CCNC(=O)[C@@H](Cc1ccccc1)N(Cc1ccccc1C)C(=O)CN(c1ccc(CC)cc1)S(C)(=O)=O. The number of aryl methyl sites for hydroxylation is 2. The lowest BCUT2D eigenvalue weighted by atomic mass is 10.0. The second-order valence-electron chi connectivity index (χ2n) is 9.34. The van der Waals surface area contributed by atoms with E-state index in [0.717, 1.165) is 39.2 Å². The molecule has 0 saturated heterocycles. The summed E-state index contributed by atoms with van der Waals surface area (Å²) in [6.07, 6.45) is 2.20. The number of hydrogen-bond donors (Lipinski definition) is 1. The first-order valence-corrected chi connectivity index (χ1v) is 14.7. The molecule has 0 unspecified atom stereocenters. The fraction of sp³-hybridized carbons (Fsp3) is 0.333. The number of nitrogens with zero attached hydrogens (tertiary/aromatic N) is 2. The summed E-state index contributed by atoms with van der Waals surface area (Å²) in [5, 5.41) is 2.86. The third kappa shape index (κ3) is 7.68. The molecule has 202 valence electrons. The average molecular weight is 536 g/mol. The van der Waals surface area contributed by atoms with Gasteiger partial charge in [-0.3, -0.25) is 13.9 Å². The molecule has 0 aliphatic heterocycles. The number of nitrogens with one attached hydrogen (secondary N) is 1. The van der Waals surface area contributed by atoms with Gasteiger partial charge in [-0.1, -0.05) is 73.7 Å². The van der Waals surface area contributed by atoms with Crippen molar-refractivity contribution in [3.05, 3.63) is 101 Å². The van der Waals surface area contributed by atoms with E-state index in [1.165, 1.54) is 4.90 Å². The molecule has 3 aromatic carbocycles. The molecule has 2 amide bonds. The van der Waals surface area contributed by atoms with Gasteiger partial charge in [0.25, 0.3) is 0 Å². The van der Waals surface area contributed by atoms with Gasteiger partial charge in [0.15, 0.2) is 0 Å². The van der Waals surface area contributed by atoms with Crippen LogP contribution in [0.3, 0.4) is 0 Å². The van der Waals surface area contributed by atoms with Crippen LogP contribution in [0.15, 0.2) is 78.9 Å². The predicted molar refractivity (Wildman–Crippen MR) is 152 cm³/mol. The fourth-order valence-electron chi connectivity index (χ4n) is 4.33. The highest BCUT2D eigenvalue weighted by atomic mass is 32.2. The number of likely N-dealkylation sites (N-methyl/N-ethyl adjacent to an activating group) is 1. The van der Waals surface area contributed by atoms with Crippen LogP contribution in [0.2, 0.25) is 0 Å². The zero-order chi connectivity index (χ0) is 27.7. The highest BCUT2D eigenvalue weighted by Gasteiger charge is 2.33. The van der Waals surface area contributed by atoms with Crippen LogP contribution in [0.4, 0.5) is 5.69 Å². The van der Waals surface area contributed by atoms with Crippen molar-refractivity contribution in [3.8, 4) is 0 Å². The van der Waals surface area contributed by atoms with E-state index in [1.807, 2.05) is 87.5 Å². The van der Waals surface area contributed by atoms with Crippen LogP contribution in [0.25, 0.3) is 0 Å². The minimum Gasteiger partial charge on any atom is -0.355 e. The van der Waals surface area contributed by atoms with Gasteiger partial charge in [-0.2, -0.15) is 0 Å². The molecule has 0 spiro atoms. The number of carbonyl (C=O) groups is 2. The Morgan fingerprint density at radius 1 is 0.868 bits per heavy atom. The smallest absolute Gasteiger partial charge is 0.244 e. The van der Waals surface area contributed by atoms with Gasteiger partial charge >= 0.3 is 0 Å². The summed E-state index contributed by atoms with van der Waals surface area (Å²) in [6, 6.07) is 23.5. The number of rotatable bonds is 12. The minimum atomic E-state index is -3.78. The van der Waals surface area contributed by atoms with Gasteiger partial charge in [0.1, 0.15) is 12.6 Å². The first-order chi connectivity index (χ1) is 18.1. The van der Waals surface area contributed by atoms with E-state index in [4.69, 9.17) is 0 Å². The third-order valence-corrected chi connectivity index (χ3v) is 7.68. The van der Waals surface area contributed by atoms with Gasteiger partial charge in [-0.05, 0) is 54.7 Å². The number of sulfonamides is 1. The zero-order valence-corrected chi connectivity index (χ0v) is 23.4. The van der Waals surface area contributed by atoms with Crippen molar-refractivity contribution in [1.82, 2.24) is 10.2 Å². The van der Waals surface area contributed by atoms with Gasteiger partial charge in [0.05, 0.1) is 11.9 Å². The second kappa shape index (κ2) is 13.2. The van der Waals surface area contributed by atoms with Crippen molar-refractivity contribution in [3.63, 3.8) is 0 Å². The number of hydrogen-bond acceptors (Lipinski definition) is 4. The van der Waals surface area contributed by atoms with E-state index < -0.39 is 28.5 Å². The monoisotopic (exact) mass is 535 g/mol. The highest BCUT2D eigenvalue weighted by molar-refractivity contribution is 7.92. The van der Waals surface area contributed by atoms with E-state index in [0.29, 0.717) is 18.7 Å². The maximum atomic E-state index is 14.0. The average Bonchev–Trinajstić information content (AvgIpc) is 2.90. The molecule has 0 saturated carbocycles. The van der Waals surface area contributed by atoms with Crippen molar-refractivity contribution in [2.75, 3.05) is 23.7 Å². The van der Waals surface area contributed by atoms with E-state index in [1.54, 1.807) is 12.1 Å². The molecule has 0 heterocycles. The molecule has 0 fully saturated rings. The molecule has 0 aliphatic carbocycles. The van der Waals surface area contributed by atoms with E-state index >= 15 is 0 Å². The van der Waals surface area contributed by atoms with Crippen molar-refractivity contribution in [2.24, 2.45) is 0 Å². The van der Waals surface area contributed by atoms with Crippen LogP contribution in [0, 0.1) is 6.92 Å². The molecule has 7 nitrogen and oxygen atoms in total. The van der Waals surface area contributed by atoms with E-state index in [-0.39, 0.29) is 12.5 Å². The Morgan fingerprint density at radius 2 is 1.50 bits per heavy atom. The van der Waals surface area contributed by atoms with Gasteiger partial charge in [0.2, 0.25) is 21.8 Å². The summed E-state index contributed by atoms with van der Waals surface area (Å²) in [5.74, 6) is -0.734. The molecule has 3 rings (SSSR count). The first-order valence-electron chi connectivity index (χ1n) is 12.9. The summed E-state index contributed by atoms with van der Waals surface area (Å²) in [7, 11) is -3.78. The first kappa shape index (κ1) is 28.9. The molecule has 0 radical (unpaired) electrons. The van der Waals surface area contributed by atoms with Gasteiger partial charge in [-0.15, -0.1) is 0 Å². The lowest BCUT2D eigenvalue weighted by molar-refractivity contribution is -0.140. The standard InChI is InChI=1S/C30H37N3O4S/c1-5-24-16-18-27(19-17-24)33(38(4,36)37)22-29(34)32(21-26-15-11-10-12-23(26)3)28(30(35)31-6-2)20-25-13-8-7-9-14-25/h7-19,28H,5-6,20-22H2,1-4H3,(H,31,35)/t28-/m1/s1. The minimum absolute atomic E-state index is 0.173. The van der Waals surface area contributed by atoms with Crippen LogP contribution in [0.1, 0.15) is 36.1 Å². The van der Waals surface area contributed by atoms with Gasteiger partial charge in [-0.25, -0.2) is 8.42 Å². The van der Waals surface area contributed by atoms with Crippen molar-refractivity contribution >= 4 is 27.5 Å². The fourth-order valence-corrected chi connectivity index (χ4v) is 5.18. The third-order valence-electron chi connectivity index (χ3n) is 6.54. The topological polar surface area (TPSA) is 86.8 Å². The molecular weight excluding hydrogens is 498 g/mol. The Labute approximate surface area is 226 Å². The Balaban J connectivity index is 2.03. The molecule has 1 N–H and O–H groups in total. The lowest BCUT2D eigenvalue weighted by Gasteiger charge is -2.33. The lowest BCUT2D eigenvalue weighted by Crippen LogP contribution is -2.53. The summed E-state index contributed by atoms with van der Waals surface area (Å²) < 4.78 is 26.8. The summed E-state index contributed by atoms with van der Waals surface area (Å²) in [4.78, 5) is 28.9. The summed E-state index contributed by atoms with van der Waals surface area (Å²) in [5.41, 5.74) is 4.25. The number of anilines is 1. The largest absolute Gasteiger partial charge is 0.355 e. The van der Waals surface area contributed by atoms with Crippen molar-refractivity contribution in [2.45, 2.75) is 46.2 Å². The Bertz CT molecular complexity index is 1330. The predicted octanol–water partition coefficient (Wildman–Crippen LogP) is 4.10. The quantitative estimate of drug-likeness (QED) is 0.378. The van der Waals surface area contributed by atoms with Crippen LogP contribution >= 0.6 is 0 Å². The van der Waals surface area contributed by atoms with Crippen LogP contribution in [0.5, 0.6) is 0 Å². The van der Waals surface area contributed by atoms with Gasteiger partial charge < -0.3 is 10.2 Å². The summed E-state index contributed by atoms with van der Waals surface area (Å²) in [6.45, 7) is 5.97. The number of amides is 2. The van der Waals surface area contributed by atoms with E-state index in [2.05, 4.69) is 5.32 Å². The van der Waals surface area contributed by atoms with Crippen LogP contribution in [-0.2, 0) is 39.0 Å². The normalized spacial score (nSPS) is 12.0. The number of carbonyl (C=O) groups excluding carboxylic acids is 2. The molecule has 1 atom stereocenters.